The molecule has 2 saturated heterocycles. The van der Waals surface area contributed by atoms with Gasteiger partial charge in [-0.2, -0.15) is 4.98 Å². The predicted molar refractivity (Wildman–Crippen MR) is 162 cm³/mol. The Labute approximate surface area is 262 Å². The van der Waals surface area contributed by atoms with Crippen LogP contribution in [0.25, 0.3) is 22.3 Å². The number of hydrogen-bond donors (Lipinski definition) is 7. The number of ether oxygens (including phenoxy) is 2. The lowest BCUT2D eigenvalue weighted by Crippen LogP contribution is -2.44. The maximum absolute atomic E-state index is 16.1. The van der Waals surface area contributed by atoms with Crippen molar-refractivity contribution in [1.29, 1.82) is 0 Å². The Hall–Kier alpha value is -2.59. The molecule has 0 spiro atoms. The molecule has 2 aliphatic rings. The smallest absolute Gasteiger partial charge is 0.280 e. The van der Waals surface area contributed by atoms with Crippen molar-refractivity contribution in [3.8, 4) is 0 Å². The van der Waals surface area contributed by atoms with E-state index >= 15 is 4.39 Å². The Morgan fingerprint density at radius 2 is 1.87 bits per heavy atom. The van der Waals surface area contributed by atoms with Crippen LogP contribution in [0.5, 0.6) is 0 Å². The number of aromatic amines is 1. The van der Waals surface area contributed by atoms with Crippen molar-refractivity contribution in [3.05, 3.63) is 29.3 Å². The number of nitrogens with one attached hydrogen (secondary N) is 1. The number of H-pyrrole nitrogens is 1. The first-order valence-corrected chi connectivity index (χ1v) is 18.3. The number of aliphatic hydroxyl groups is 2. The van der Waals surface area contributed by atoms with E-state index in [-0.39, 0.29) is 34.1 Å². The summed E-state index contributed by atoms with van der Waals surface area (Å²) in [5.74, 6) is -0.166. The van der Waals surface area contributed by atoms with Gasteiger partial charge in [0, 0.05) is 0 Å². The summed E-state index contributed by atoms with van der Waals surface area (Å²) in [5, 5.41) is 21.9. The molecule has 6 heterocycles. The number of nitrogens with two attached hydrogens (primary N) is 2. The van der Waals surface area contributed by atoms with Crippen LogP contribution in [0.4, 0.5) is 16.2 Å². The maximum Gasteiger partial charge on any atom is 0.280 e. The Kier molecular flexibility index (Phi) is 8.55. The molecule has 19 nitrogen and oxygen atoms in total. The van der Waals surface area contributed by atoms with E-state index in [9.17, 15) is 24.8 Å². The molecule has 0 aromatic carbocycles. The Balaban J connectivity index is 1.29. The van der Waals surface area contributed by atoms with Gasteiger partial charge in [-0.3, -0.25) is 18.9 Å². The van der Waals surface area contributed by atoms with Crippen LogP contribution in [-0.4, -0.2) is 108 Å². The Bertz CT molecular complexity index is 1900. The van der Waals surface area contributed by atoms with Crippen LogP contribution in [0.1, 0.15) is 19.4 Å². The molecular formula is C21H27FN10O9P2S2. The van der Waals surface area contributed by atoms with E-state index in [0.29, 0.717) is 0 Å². The minimum Gasteiger partial charge on any atom is -0.387 e. The van der Waals surface area contributed by atoms with Crippen molar-refractivity contribution < 1.29 is 42.9 Å². The van der Waals surface area contributed by atoms with E-state index in [1.807, 2.05) is 0 Å². The van der Waals surface area contributed by atoms with Gasteiger partial charge in [0.1, 0.15) is 47.6 Å². The molecular weight excluding hydrogens is 681 g/mol. The summed E-state index contributed by atoms with van der Waals surface area (Å²) in [4.78, 5) is 55.9. The predicted octanol–water partition coefficient (Wildman–Crippen LogP) is -1.43. The molecule has 0 radical (unpaired) electrons. The van der Waals surface area contributed by atoms with Gasteiger partial charge in [-0.15, -0.1) is 0 Å². The van der Waals surface area contributed by atoms with Crippen LogP contribution < -0.4 is 17.0 Å². The standard InChI is InChI=1S/C21H27FN10O9P2S2/c1-21(13(34)11(33)18(41-21)31-5-27-9-14(23)25-4-26-15(9)31)3-39-43(37,45)12-8(22)7(2-38-42(36)44)40-19(12)32-6-28-10-16(32)29-20(24)30-17(10)35/h4-8,11-13,18-19,33-34,42H,2-3H2,1H3,(H,36,44)(H,37,45)(H2,23,25,26)(H3,24,29,30,35)/t7-,8-,11-,12-,13+,18-,19-,21-,43?/m1/s1. The van der Waals surface area contributed by atoms with Gasteiger partial charge >= 0.3 is 0 Å². The largest absolute Gasteiger partial charge is 0.387 e. The maximum atomic E-state index is 16.1. The van der Waals surface area contributed by atoms with Crippen LogP contribution in [0.3, 0.4) is 0 Å². The van der Waals surface area contributed by atoms with Crippen molar-refractivity contribution in [2.75, 3.05) is 24.7 Å². The SMILES string of the molecule is C[C@]1(COP(O)(=S)[C@@H]2[C@H](F)[C@@H](CO[PH](O)=S)O[C@H]2n2cnc3c(=O)[nH]c(N)nc32)O[C@@H](n2cnc3c(N)ncnc32)[C@H](O)[C@@H]1O. The Morgan fingerprint density at radius 3 is 2.58 bits per heavy atom. The number of aliphatic hydroxyl groups excluding tert-OH is 2. The lowest BCUT2D eigenvalue weighted by atomic mass is 9.99. The molecule has 0 bridgehead atoms. The van der Waals surface area contributed by atoms with Gasteiger partial charge in [0.25, 0.3) is 5.56 Å². The second-order valence-electron chi connectivity index (χ2n) is 10.5. The Morgan fingerprint density at radius 1 is 1.18 bits per heavy atom. The van der Waals surface area contributed by atoms with Crippen LogP contribution in [0, 0.1) is 0 Å². The minimum atomic E-state index is -4.27. The summed E-state index contributed by atoms with van der Waals surface area (Å²) in [7, 11) is -2.65. The normalized spacial score (nSPS) is 32.4. The topological polar surface area (TPSA) is 277 Å². The van der Waals surface area contributed by atoms with Crippen LogP contribution in [-0.2, 0) is 42.1 Å². The summed E-state index contributed by atoms with van der Waals surface area (Å²) in [6.45, 7) is -3.96. The second kappa shape index (κ2) is 11.9. The third-order valence-electron chi connectivity index (χ3n) is 7.59. The van der Waals surface area contributed by atoms with Gasteiger partial charge in [-0.25, -0.2) is 24.3 Å². The molecule has 2 unspecified atom stereocenters. The van der Waals surface area contributed by atoms with E-state index in [1.165, 1.54) is 28.7 Å². The van der Waals surface area contributed by atoms with E-state index in [1.54, 1.807) is 0 Å². The average molecular weight is 709 g/mol. The highest BCUT2D eigenvalue weighted by molar-refractivity contribution is 8.09. The number of nitrogens with zero attached hydrogens (tertiary/aromatic N) is 7. The molecule has 4 aromatic heterocycles. The van der Waals surface area contributed by atoms with Gasteiger partial charge in [-0.05, 0) is 30.5 Å². The molecule has 10 atom stereocenters. The number of anilines is 2. The molecule has 2 fully saturated rings. The zero-order valence-electron chi connectivity index (χ0n) is 22.9. The molecule has 0 aliphatic carbocycles. The summed E-state index contributed by atoms with van der Waals surface area (Å²) < 4.78 is 41.3. The van der Waals surface area contributed by atoms with Gasteiger partial charge < -0.3 is 50.0 Å². The highest BCUT2D eigenvalue weighted by Crippen LogP contribution is 2.59. The first-order chi connectivity index (χ1) is 21.2. The highest BCUT2D eigenvalue weighted by Gasteiger charge is 2.57. The number of halogens is 1. The molecule has 0 saturated carbocycles. The van der Waals surface area contributed by atoms with Crippen LogP contribution >= 0.6 is 13.6 Å². The van der Waals surface area contributed by atoms with Crippen molar-refractivity contribution in [3.63, 3.8) is 0 Å². The first-order valence-electron chi connectivity index (χ1n) is 13.0. The van der Waals surface area contributed by atoms with E-state index in [0.717, 1.165) is 6.33 Å². The fraction of sp³-hybridized carbons (Fsp3) is 0.524. The lowest BCUT2D eigenvalue weighted by molar-refractivity contribution is -0.111. The summed E-state index contributed by atoms with van der Waals surface area (Å²) in [5.41, 5.74) is 7.83. The number of nitrogen functional groups attached to an aromatic ring is 2. The van der Waals surface area contributed by atoms with E-state index in [4.69, 9.17) is 41.8 Å². The third kappa shape index (κ3) is 5.68. The van der Waals surface area contributed by atoms with Gasteiger partial charge in [0.15, 0.2) is 48.7 Å². The second-order valence-corrected chi connectivity index (χ2v) is 15.9. The molecule has 9 N–H and O–H groups in total. The highest BCUT2D eigenvalue weighted by atomic mass is 32.5. The minimum absolute atomic E-state index is 0.0883. The zero-order chi connectivity index (χ0) is 32.4. The van der Waals surface area contributed by atoms with Crippen LogP contribution in [0.2, 0.25) is 0 Å². The molecule has 2 aliphatic heterocycles. The number of imidazole rings is 2. The molecule has 45 heavy (non-hydrogen) atoms. The van der Waals surface area contributed by atoms with Crippen molar-refractivity contribution >= 4 is 71.4 Å². The summed E-state index contributed by atoms with van der Waals surface area (Å²) >= 11 is 10.1. The van der Waals surface area contributed by atoms with E-state index < -0.39 is 80.6 Å². The molecule has 4 aromatic rings. The number of rotatable bonds is 9. The number of hydrogen-bond acceptors (Lipinski definition) is 16. The molecule has 244 valence electrons. The van der Waals surface area contributed by atoms with Crippen molar-refractivity contribution in [2.24, 2.45) is 0 Å². The van der Waals surface area contributed by atoms with E-state index in [2.05, 4.69) is 41.7 Å². The molecule has 0 amide bonds. The van der Waals surface area contributed by atoms with Crippen molar-refractivity contribution in [2.45, 2.75) is 55.1 Å². The average Bonchev–Trinajstić information content (AvgIpc) is 3.72. The lowest BCUT2D eigenvalue weighted by Gasteiger charge is -2.33. The fourth-order valence-corrected chi connectivity index (χ4v) is 8.37. The van der Waals surface area contributed by atoms with Gasteiger partial charge in [0.05, 0.1) is 25.9 Å². The zero-order valence-corrected chi connectivity index (χ0v) is 26.5. The summed E-state index contributed by atoms with van der Waals surface area (Å²) in [6, 6.07) is 0. The third-order valence-corrected chi connectivity index (χ3v) is 11.2. The summed E-state index contributed by atoms with van der Waals surface area (Å²) in [6.07, 6.45) is -5.55. The van der Waals surface area contributed by atoms with Gasteiger partial charge in [-0.1, -0.05) is 0 Å². The fourth-order valence-electron chi connectivity index (χ4n) is 5.33. The quantitative estimate of drug-likeness (QED) is 0.0982. The number of aromatic nitrogens is 8. The molecule has 6 rings (SSSR count). The number of fused-ring (bicyclic) bond motifs is 2. The monoisotopic (exact) mass is 708 g/mol. The number of alkyl halides is 1. The van der Waals surface area contributed by atoms with Crippen molar-refractivity contribution in [1.82, 2.24) is 39.0 Å². The molecule has 24 heteroatoms. The first kappa shape index (κ1) is 32.4. The van der Waals surface area contributed by atoms with Gasteiger partial charge in [0.2, 0.25) is 5.95 Å². The van der Waals surface area contributed by atoms with Crippen LogP contribution in [0.15, 0.2) is 23.8 Å².